The van der Waals surface area contributed by atoms with Crippen molar-refractivity contribution in [1.29, 1.82) is 0 Å². The van der Waals surface area contributed by atoms with Gasteiger partial charge in [-0.15, -0.1) is 0 Å². The molecule has 2 heterocycles. The lowest BCUT2D eigenvalue weighted by atomic mass is 9.97. The summed E-state index contributed by atoms with van der Waals surface area (Å²) in [6.45, 7) is 1.88. The van der Waals surface area contributed by atoms with Gasteiger partial charge in [-0.25, -0.2) is 9.69 Å². The van der Waals surface area contributed by atoms with E-state index < -0.39 is 29.7 Å². The number of ether oxygens (including phenoxy) is 1. The van der Waals surface area contributed by atoms with E-state index in [1.54, 1.807) is 30.3 Å². The average molecular weight is 442 g/mol. The van der Waals surface area contributed by atoms with Gasteiger partial charge in [-0.05, 0) is 42.8 Å². The molecular formula is C20H16BrN3O4. The highest BCUT2D eigenvalue weighted by Crippen LogP contribution is 2.39. The third kappa shape index (κ3) is 2.72. The molecule has 142 valence electrons. The molecule has 2 aromatic rings. The van der Waals surface area contributed by atoms with Gasteiger partial charge in [0.25, 0.3) is 5.91 Å². The number of fused-ring (bicyclic) bond motifs is 1. The van der Waals surface area contributed by atoms with Gasteiger partial charge >= 0.3 is 5.97 Å². The Morgan fingerprint density at radius 1 is 1.07 bits per heavy atom. The predicted octanol–water partition coefficient (Wildman–Crippen LogP) is 2.66. The number of anilines is 2. The number of methoxy groups -OCH3 is 1. The Balaban J connectivity index is 1.82. The Morgan fingerprint density at radius 2 is 1.75 bits per heavy atom. The van der Waals surface area contributed by atoms with Crippen LogP contribution in [0, 0.1) is 12.8 Å². The number of esters is 1. The first-order valence-electron chi connectivity index (χ1n) is 8.59. The van der Waals surface area contributed by atoms with Gasteiger partial charge in [0, 0.05) is 4.47 Å². The first kappa shape index (κ1) is 18.4. The van der Waals surface area contributed by atoms with Crippen LogP contribution in [0.3, 0.4) is 0 Å². The number of hydrogen-bond acceptors (Lipinski definition) is 6. The SMILES string of the molecule is COC(=O)C1=NN(c2ccccc2C)C2C(=O)N(c3ccc(Br)cc3)C(=O)C12. The number of rotatable bonds is 3. The Bertz CT molecular complexity index is 1020. The molecule has 0 N–H and O–H groups in total. The Hall–Kier alpha value is -3.00. The van der Waals surface area contributed by atoms with Crippen molar-refractivity contribution in [3.63, 3.8) is 0 Å². The molecule has 0 spiro atoms. The van der Waals surface area contributed by atoms with Crippen LogP contribution < -0.4 is 9.91 Å². The number of halogens is 1. The lowest BCUT2D eigenvalue weighted by molar-refractivity contribution is -0.133. The fourth-order valence-electron chi connectivity index (χ4n) is 3.55. The number of amides is 2. The fourth-order valence-corrected chi connectivity index (χ4v) is 3.82. The summed E-state index contributed by atoms with van der Waals surface area (Å²) >= 11 is 3.34. The van der Waals surface area contributed by atoms with E-state index in [1.807, 2.05) is 25.1 Å². The summed E-state index contributed by atoms with van der Waals surface area (Å²) in [5.74, 6) is -2.64. The average Bonchev–Trinajstić information content (AvgIpc) is 3.20. The van der Waals surface area contributed by atoms with Crippen LogP contribution >= 0.6 is 15.9 Å². The van der Waals surface area contributed by atoms with Crippen LogP contribution in [0.2, 0.25) is 0 Å². The van der Waals surface area contributed by atoms with Crippen molar-refractivity contribution in [2.24, 2.45) is 11.0 Å². The number of hydrazone groups is 1. The minimum atomic E-state index is -1.01. The summed E-state index contributed by atoms with van der Waals surface area (Å²) in [6, 6.07) is 13.3. The van der Waals surface area contributed by atoms with Crippen molar-refractivity contribution in [1.82, 2.24) is 0 Å². The summed E-state index contributed by atoms with van der Waals surface area (Å²) in [6.07, 6.45) is 0. The van der Waals surface area contributed by atoms with E-state index in [0.29, 0.717) is 11.4 Å². The molecular weight excluding hydrogens is 426 g/mol. The van der Waals surface area contributed by atoms with Crippen molar-refractivity contribution in [3.05, 3.63) is 58.6 Å². The van der Waals surface area contributed by atoms with E-state index in [1.165, 1.54) is 12.1 Å². The Kier molecular flexibility index (Phi) is 4.50. The first-order chi connectivity index (χ1) is 13.4. The number of benzene rings is 2. The van der Waals surface area contributed by atoms with E-state index >= 15 is 0 Å². The van der Waals surface area contributed by atoms with Crippen LogP contribution in [-0.2, 0) is 19.1 Å². The van der Waals surface area contributed by atoms with Crippen molar-refractivity contribution in [3.8, 4) is 0 Å². The molecule has 0 aliphatic carbocycles. The van der Waals surface area contributed by atoms with Crippen LogP contribution in [0.4, 0.5) is 11.4 Å². The molecule has 2 atom stereocenters. The van der Waals surface area contributed by atoms with Crippen molar-refractivity contribution >= 4 is 50.8 Å². The van der Waals surface area contributed by atoms with Crippen LogP contribution in [0.15, 0.2) is 58.1 Å². The quantitative estimate of drug-likeness (QED) is 0.540. The molecule has 0 bridgehead atoms. The summed E-state index contributed by atoms with van der Waals surface area (Å²) in [5.41, 5.74) is 1.92. The minimum Gasteiger partial charge on any atom is -0.464 e. The molecule has 7 nitrogen and oxygen atoms in total. The van der Waals surface area contributed by atoms with Gasteiger partial charge in [0.05, 0.1) is 18.5 Å². The maximum Gasteiger partial charge on any atom is 0.355 e. The number of carbonyl (C=O) groups excluding carboxylic acids is 3. The van der Waals surface area contributed by atoms with E-state index in [-0.39, 0.29) is 5.71 Å². The van der Waals surface area contributed by atoms with Crippen molar-refractivity contribution < 1.29 is 19.1 Å². The van der Waals surface area contributed by atoms with Gasteiger partial charge in [-0.3, -0.25) is 14.6 Å². The van der Waals surface area contributed by atoms with Crippen LogP contribution in [0.1, 0.15) is 5.56 Å². The zero-order valence-electron chi connectivity index (χ0n) is 15.1. The molecule has 4 rings (SSSR count). The van der Waals surface area contributed by atoms with Crippen molar-refractivity contribution in [2.75, 3.05) is 17.0 Å². The number of nitrogens with zero attached hydrogens (tertiary/aromatic N) is 3. The zero-order valence-corrected chi connectivity index (χ0v) is 16.7. The Morgan fingerprint density at radius 3 is 2.39 bits per heavy atom. The largest absolute Gasteiger partial charge is 0.464 e. The highest BCUT2D eigenvalue weighted by atomic mass is 79.9. The highest BCUT2D eigenvalue weighted by molar-refractivity contribution is 9.10. The molecule has 1 fully saturated rings. The summed E-state index contributed by atoms with van der Waals surface area (Å²) in [4.78, 5) is 39.8. The normalized spacial score (nSPS) is 21.0. The van der Waals surface area contributed by atoms with Gasteiger partial charge in [0.1, 0.15) is 12.0 Å². The second-order valence-electron chi connectivity index (χ2n) is 6.52. The molecule has 8 heteroatoms. The monoisotopic (exact) mass is 441 g/mol. The van der Waals surface area contributed by atoms with E-state index in [9.17, 15) is 14.4 Å². The second-order valence-corrected chi connectivity index (χ2v) is 7.43. The lowest BCUT2D eigenvalue weighted by Crippen LogP contribution is -2.39. The van der Waals surface area contributed by atoms with E-state index in [4.69, 9.17) is 4.74 Å². The standard InChI is InChI=1S/C20H16BrN3O4/c1-11-5-3-4-6-14(11)24-17-15(16(22-24)20(27)28-2)18(25)23(19(17)26)13-9-7-12(21)8-10-13/h3-10,15,17H,1-2H3. The molecule has 2 unspecified atom stereocenters. The fraction of sp³-hybridized carbons (Fsp3) is 0.200. The maximum absolute atomic E-state index is 13.3. The van der Waals surface area contributed by atoms with Crippen LogP contribution in [0.25, 0.3) is 0 Å². The third-order valence-electron chi connectivity index (χ3n) is 4.89. The van der Waals surface area contributed by atoms with Gasteiger partial charge in [0.15, 0.2) is 5.71 Å². The zero-order chi connectivity index (χ0) is 20.0. The number of aryl methyl sites for hydroxylation is 1. The molecule has 0 radical (unpaired) electrons. The summed E-state index contributed by atoms with van der Waals surface area (Å²) < 4.78 is 5.64. The molecule has 0 saturated carbocycles. The molecule has 28 heavy (non-hydrogen) atoms. The smallest absolute Gasteiger partial charge is 0.355 e. The Labute approximate surface area is 169 Å². The van der Waals surface area contributed by atoms with E-state index in [0.717, 1.165) is 14.9 Å². The summed E-state index contributed by atoms with van der Waals surface area (Å²) in [5, 5.41) is 5.78. The number of para-hydroxylation sites is 1. The highest BCUT2D eigenvalue weighted by Gasteiger charge is 2.59. The van der Waals surface area contributed by atoms with Crippen molar-refractivity contribution in [2.45, 2.75) is 13.0 Å². The molecule has 1 saturated heterocycles. The van der Waals surface area contributed by atoms with Gasteiger partial charge in [-0.2, -0.15) is 5.10 Å². The molecule has 2 amide bonds. The third-order valence-corrected chi connectivity index (χ3v) is 5.42. The van der Waals surface area contributed by atoms with E-state index in [2.05, 4.69) is 21.0 Å². The van der Waals surface area contributed by atoms with Crippen LogP contribution in [-0.4, -0.2) is 36.6 Å². The van der Waals surface area contributed by atoms with Gasteiger partial charge < -0.3 is 4.74 Å². The number of imide groups is 1. The first-order valence-corrected chi connectivity index (χ1v) is 9.38. The number of hydrogen-bond donors (Lipinski definition) is 0. The topological polar surface area (TPSA) is 79.3 Å². The minimum absolute atomic E-state index is 0.0614. The molecule has 2 aromatic carbocycles. The molecule has 2 aliphatic heterocycles. The summed E-state index contributed by atoms with van der Waals surface area (Å²) in [7, 11) is 1.23. The number of carbonyl (C=O) groups is 3. The second kappa shape index (κ2) is 6.87. The van der Waals surface area contributed by atoms with Gasteiger partial charge in [0.2, 0.25) is 5.91 Å². The van der Waals surface area contributed by atoms with Gasteiger partial charge in [-0.1, -0.05) is 34.1 Å². The van der Waals surface area contributed by atoms with Crippen LogP contribution in [0.5, 0.6) is 0 Å². The predicted molar refractivity (Wildman–Crippen MR) is 107 cm³/mol. The lowest BCUT2D eigenvalue weighted by Gasteiger charge is -2.23. The molecule has 2 aliphatic rings. The maximum atomic E-state index is 13.3. The molecule has 0 aromatic heterocycles.